The maximum Gasteiger partial charge on any atom is 0.168 e. The predicted octanol–water partition coefficient (Wildman–Crippen LogP) is 2.98. The summed E-state index contributed by atoms with van der Waals surface area (Å²) in [5, 5.41) is 0.548. The Hall–Kier alpha value is -1.32. The Bertz CT molecular complexity index is 583. The number of hydrogen-bond acceptors (Lipinski definition) is 2. The first-order valence-electron chi connectivity index (χ1n) is 4.68. The van der Waals surface area contributed by atoms with Gasteiger partial charge in [-0.15, -0.1) is 0 Å². The number of halogens is 1. The molecule has 4 heteroatoms. The maximum absolute atomic E-state index is 11.1. The van der Waals surface area contributed by atoms with Crippen molar-refractivity contribution in [2.45, 2.75) is 4.90 Å². The molecular weight excluding hydrogens is 244 g/mol. The topological polar surface area (TPSA) is 34.1 Å². The van der Waals surface area contributed by atoms with Gasteiger partial charge in [-0.3, -0.25) is 0 Å². The highest BCUT2D eigenvalue weighted by molar-refractivity contribution is 7.72. The second kappa shape index (κ2) is 4.68. The maximum atomic E-state index is 11.1. The molecule has 2 aromatic rings. The molecule has 0 amide bonds. The van der Waals surface area contributed by atoms with Crippen molar-refractivity contribution < 1.29 is 8.42 Å². The van der Waals surface area contributed by atoms with Crippen LogP contribution in [-0.4, -0.2) is 8.42 Å². The number of hydrogen-bond donors (Lipinski definition) is 1. The van der Waals surface area contributed by atoms with Gasteiger partial charge in [0.15, 0.2) is 10.7 Å². The van der Waals surface area contributed by atoms with Crippen molar-refractivity contribution in [3.05, 3.63) is 53.6 Å². The number of benzene rings is 2. The van der Waals surface area contributed by atoms with Gasteiger partial charge in [-0.25, -0.2) is 8.42 Å². The van der Waals surface area contributed by atoms with Crippen LogP contribution >= 0.6 is 11.6 Å². The minimum atomic E-state index is -2.61. The van der Waals surface area contributed by atoms with E-state index >= 15 is 0 Å². The zero-order valence-electron chi connectivity index (χ0n) is 8.26. The molecule has 0 N–H and O–H groups in total. The van der Waals surface area contributed by atoms with E-state index in [0.717, 1.165) is 5.56 Å². The van der Waals surface area contributed by atoms with E-state index < -0.39 is 10.7 Å². The largest absolute Gasteiger partial charge is 0.227 e. The summed E-state index contributed by atoms with van der Waals surface area (Å²) in [6, 6.07) is 14.0. The molecule has 0 aromatic heterocycles. The molecule has 0 heterocycles. The summed E-state index contributed by atoms with van der Waals surface area (Å²) in [5.41, 5.74) is 1.38. The monoisotopic (exact) mass is 252 g/mol. The van der Waals surface area contributed by atoms with Gasteiger partial charge < -0.3 is 0 Å². The van der Waals surface area contributed by atoms with E-state index in [2.05, 4.69) is 0 Å². The van der Waals surface area contributed by atoms with Gasteiger partial charge in [0, 0.05) is 16.1 Å². The van der Waals surface area contributed by atoms with Crippen molar-refractivity contribution in [3.63, 3.8) is 0 Å². The molecule has 16 heavy (non-hydrogen) atoms. The summed E-state index contributed by atoms with van der Waals surface area (Å²) < 4.78 is 22.2. The van der Waals surface area contributed by atoms with Crippen LogP contribution in [0.4, 0.5) is 0 Å². The van der Waals surface area contributed by atoms with Crippen LogP contribution in [0.15, 0.2) is 53.4 Å². The van der Waals surface area contributed by atoms with Gasteiger partial charge in [0.25, 0.3) is 0 Å². The second-order valence-electron chi connectivity index (χ2n) is 3.25. The van der Waals surface area contributed by atoms with Crippen molar-refractivity contribution in [2.24, 2.45) is 0 Å². The Morgan fingerprint density at radius 2 is 1.38 bits per heavy atom. The number of thiol groups is 1. The summed E-state index contributed by atoms with van der Waals surface area (Å²) in [7, 11) is -2.61. The van der Waals surface area contributed by atoms with Crippen LogP contribution in [0.25, 0.3) is 11.1 Å². The molecular formula is C12H9ClO2S. The third kappa shape index (κ3) is 2.10. The molecule has 82 valence electrons. The molecule has 0 unspecified atom stereocenters. The third-order valence-corrected chi connectivity index (χ3v) is 3.38. The fourth-order valence-corrected chi connectivity index (χ4v) is 2.38. The Morgan fingerprint density at radius 3 is 2.00 bits per heavy atom. The summed E-state index contributed by atoms with van der Waals surface area (Å²) >= 11 is 6.04. The highest BCUT2D eigenvalue weighted by Crippen LogP contribution is 2.30. The van der Waals surface area contributed by atoms with Crippen molar-refractivity contribution in [1.29, 1.82) is 0 Å². The van der Waals surface area contributed by atoms with E-state index in [1.807, 2.05) is 12.1 Å². The molecule has 0 fully saturated rings. The highest BCUT2D eigenvalue weighted by atomic mass is 35.5. The Kier molecular flexibility index (Phi) is 3.27. The first kappa shape index (κ1) is 11.2. The van der Waals surface area contributed by atoms with Crippen molar-refractivity contribution in [3.8, 4) is 11.1 Å². The van der Waals surface area contributed by atoms with Crippen molar-refractivity contribution in [1.82, 2.24) is 0 Å². The predicted molar refractivity (Wildman–Crippen MR) is 65.5 cm³/mol. The van der Waals surface area contributed by atoms with E-state index in [4.69, 9.17) is 11.6 Å². The lowest BCUT2D eigenvalue weighted by Crippen LogP contribution is -1.87. The normalized spacial score (nSPS) is 10.6. The molecule has 0 saturated carbocycles. The lowest BCUT2D eigenvalue weighted by Gasteiger charge is -2.06. The number of rotatable bonds is 2. The standard InChI is InChI=1S/C12H9ClO2S/c13-11-7-3-1-5-9(11)10-6-2-4-8-12(10)16(14)15/h1-8,16H. The molecule has 0 aliphatic heterocycles. The van der Waals surface area contributed by atoms with Crippen molar-refractivity contribution in [2.75, 3.05) is 0 Å². The van der Waals surface area contributed by atoms with Crippen molar-refractivity contribution >= 4 is 22.3 Å². The van der Waals surface area contributed by atoms with Gasteiger partial charge in [-0.1, -0.05) is 48.0 Å². The Balaban J connectivity index is 2.70. The van der Waals surface area contributed by atoms with Gasteiger partial charge in [0.2, 0.25) is 0 Å². The lowest BCUT2D eigenvalue weighted by molar-refractivity contribution is 0.615. The average molecular weight is 253 g/mol. The fourth-order valence-electron chi connectivity index (χ4n) is 1.54. The average Bonchev–Trinajstić information content (AvgIpc) is 2.29. The zero-order chi connectivity index (χ0) is 11.5. The molecule has 0 spiro atoms. The van der Waals surface area contributed by atoms with Crippen LogP contribution in [0.3, 0.4) is 0 Å². The smallest absolute Gasteiger partial charge is 0.168 e. The van der Waals surface area contributed by atoms with Crippen LogP contribution in [0.5, 0.6) is 0 Å². The van der Waals surface area contributed by atoms with E-state index in [-0.39, 0.29) is 0 Å². The first-order chi connectivity index (χ1) is 7.70. The molecule has 0 saturated heterocycles. The van der Waals surface area contributed by atoms with Gasteiger partial charge in [0.05, 0.1) is 4.90 Å². The van der Waals surface area contributed by atoms with E-state index in [1.165, 1.54) is 0 Å². The summed E-state index contributed by atoms with van der Waals surface area (Å²) in [5.74, 6) is 0. The van der Waals surface area contributed by atoms with Crippen LogP contribution < -0.4 is 0 Å². The van der Waals surface area contributed by atoms with Crippen LogP contribution in [0.2, 0.25) is 5.02 Å². The van der Waals surface area contributed by atoms with Crippen LogP contribution in [-0.2, 0) is 10.7 Å². The molecule has 0 radical (unpaired) electrons. The van der Waals surface area contributed by atoms with E-state index in [0.29, 0.717) is 15.5 Å². The summed E-state index contributed by atoms with van der Waals surface area (Å²) in [6.45, 7) is 0. The fraction of sp³-hybridized carbons (Fsp3) is 0. The Labute approximate surface area is 100 Å². The van der Waals surface area contributed by atoms with Gasteiger partial charge >= 0.3 is 0 Å². The molecule has 0 aliphatic rings. The van der Waals surface area contributed by atoms with E-state index in [1.54, 1.807) is 36.4 Å². The molecule has 0 aliphatic carbocycles. The highest BCUT2D eigenvalue weighted by Gasteiger charge is 2.08. The van der Waals surface area contributed by atoms with Gasteiger partial charge in [0.1, 0.15) is 0 Å². The molecule has 0 atom stereocenters. The Morgan fingerprint density at radius 1 is 0.812 bits per heavy atom. The van der Waals surface area contributed by atoms with Gasteiger partial charge in [-0.2, -0.15) is 0 Å². The molecule has 2 aromatic carbocycles. The second-order valence-corrected chi connectivity index (χ2v) is 4.66. The van der Waals surface area contributed by atoms with Crippen LogP contribution in [0, 0.1) is 0 Å². The zero-order valence-corrected chi connectivity index (χ0v) is 9.91. The minimum absolute atomic E-state index is 0.297. The minimum Gasteiger partial charge on any atom is -0.227 e. The quantitative estimate of drug-likeness (QED) is 0.834. The first-order valence-corrected chi connectivity index (χ1v) is 6.24. The SMILES string of the molecule is O=[SH](=O)c1ccccc1-c1ccccc1Cl. The van der Waals surface area contributed by atoms with Gasteiger partial charge in [-0.05, 0) is 12.1 Å². The van der Waals surface area contributed by atoms with E-state index in [9.17, 15) is 8.42 Å². The summed E-state index contributed by atoms with van der Waals surface area (Å²) in [6.07, 6.45) is 0. The molecule has 2 rings (SSSR count). The molecule has 0 bridgehead atoms. The molecule has 2 nitrogen and oxygen atoms in total. The summed E-state index contributed by atoms with van der Waals surface area (Å²) in [4.78, 5) is 0.297. The third-order valence-electron chi connectivity index (χ3n) is 2.26. The van der Waals surface area contributed by atoms with Crippen LogP contribution in [0.1, 0.15) is 0 Å². The lowest BCUT2D eigenvalue weighted by atomic mass is 10.1.